The molecule has 0 spiro atoms. The highest BCUT2D eigenvalue weighted by molar-refractivity contribution is 14.1. The molecule has 0 amide bonds. The third-order valence-corrected chi connectivity index (χ3v) is 3.19. The van der Waals surface area contributed by atoms with Gasteiger partial charge in [0.05, 0.1) is 5.56 Å². The number of halogens is 4. The summed E-state index contributed by atoms with van der Waals surface area (Å²) >= 11 is 7.27. The zero-order valence-electron chi connectivity index (χ0n) is 6.81. The molecule has 76 valence electrons. The molecule has 1 aromatic rings. The lowest BCUT2D eigenvalue weighted by Crippen LogP contribution is -2.03. The van der Waals surface area contributed by atoms with Crippen molar-refractivity contribution in [2.75, 3.05) is 0 Å². The third kappa shape index (κ3) is 2.20. The van der Waals surface area contributed by atoms with Crippen LogP contribution in [-0.4, -0.2) is 11.3 Å². The van der Waals surface area contributed by atoms with Crippen LogP contribution in [0, 0.1) is 3.57 Å². The van der Waals surface area contributed by atoms with Gasteiger partial charge < -0.3 is 0 Å². The normalized spacial score (nSPS) is 10.6. The van der Waals surface area contributed by atoms with Gasteiger partial charge in [-0.1, -0.05) is 0 Å². The summed E-state index contributed by atoms with van der Waals surface area (Å²) in [5, 5.41) is 0. The summed E-state index contributed by atoms with van der Waals surface area (Å²) in [7, 11) is 0. The van der Waals surface area contributed by atoms with E-state index >= 15 is 0 Å². The maximum Gasteiger partial charge on any atom is 0.267 e. The molecule has 1 aromatic heterocycles. The van der Waals surface area contributed by atoms with Crippen molar-refractivity contribution in [1.29, 1.82) is 0 Å². The van der Waals surface area contributed by atoms with E-state index in [9.17, 15) is 13.6 Å². The topological polar surface area (TPSA) is 30.0 Å². The van der Waals surface area contributed by atoms with E-state index in [1.54, 1.807) is 22.6 Å². The molecule has 0 aliphatic rings. The van der Waals surface area contributed by atoms with Crippen LogP contribution in [-0.2, 0) is 5.88 Å². The number of carbonyl (C=O) groups excluding carboxylic acids is 1. The highest BCUT2D eigenvalue weighted by Crippen LogP contribution is 2.29. The molecule has 0 atom stereocenters. The summed E-state index contributed by atoms with van der Waals surface area (Å²) in [6, 6.07) is 0. The molecule has 0 bridgehead atoms. The van der Waals surface area contributed by atoms with E-state index < -0.39 is 6.43 Å². The largest absolute Gasteiger partial charge is 0.296 e. The van der Waals surface area contributed by atoms with Crippen molar-refractivity contribution < 1.29 is 13.6 Å². The Morgan fingerprint density at radius 3 is 2.71 bits per heavy atom. The second-order valence-electron chi connectivity index (χ2n) is 2.45. The Labute approximate surface area is 97.8 Å². The lowest BCUT2D eigenvalue weighted by Gasteiger charge is -2.08. The summed E-state index contributed by atoms with van der Waals surface area (Å²) < 4.78 is 25.4. The number of alkyl halides is 3. The molecule has 14 heavy (non-hydrogen) atoms. The van der Waals surface area contributed by atoms with E-state index in [1.807, 2.05) is 0 Å². The van der Waals surface area contributed by atoms with Gasteiger partial charge in [-0.05, 0) is 28.2 Å². The number of hydrogen-bond donors (Lipinski definition) is 0. The first-order valence-electron chi connectivity index (χ1n) is 3.58. The predicted octanol–water partition coefficient (Wildman–Crippen LogP) is 3.18. The molecule has 0 saturated heterocycles. The number of nitrogens with zero attached hydrogens (tertiary/aromatic N) is 1. The van der Waals surface area contributed by atoms with Gasteiger partial charge in [0, 0.05) is 15.6 Å². The van der Waals surface area contributed by atoms with Crippen LogP contribution in [0.3, 0.4) is 0 Å². The van der Waals surface area contributed by atoms with Crippen molar-refractivity contribution in [3.63, 3.8) is 0 Å². The fourth-order valence-corrected chi connectivity index (χ4v) is 2.22. The van der Waals surface area contributed by atoms with Crippen molar-refractivity contribution in [3.8, 4) is 0 Å². The standard InChI is InChI=1S/C8H5ClF2INO/c9-1-4-2-13-5(3-14)6(7(4)12)8(10)11/h2-3,8H,1H2. The highest BCUT2D eigenvalue weighted by Gasteiger charge is 2.19. The van der Waals surface area contributed by atoms with Gasteiger partial charge in [-0.3, -0.25) is 9.78 Å². The van der Waals surface area contributed by atoms with Gasteiger partial charge in [-0.25, -0.2) is 8.78 Å². The van der Waals surface area contributed by atoms with Crippen molar-refractivity contribution >= 4 is 40.5 Å². The minimum atomic E-state index is -2.71. The molecule has 0 radical (unpaired) electrons. The molecule has 0 N–H and O–H groups in total. The molecule has 0 fully saturated rings. The molecule has 0 aromatic carbocycles. The quantitative estimate of drug-likeness (QED) is 0.484. The number of rotatable bonds is 3. The Balaban J connectivity index is 3.38. The van der Waals surface area contributed by atoms with Crippen molar-refractivity contribution in [2.45, 2.75) is 12.3 Å². The van der Waals surface area contributed by atoms with Gasteiger partial charge >= 0.3 is 0 Å². The maximum absolute atomic E-state index is 12.5. The lowest BCUT2D eigenvalue weighted by molar-refractivity contribution is 0.110. The van der Waals surface area contributed by atoms with Crippen LogP contribution in [0.5, 0.6) is 0 Å². The van der Waals surface area contributed by atoms with E-state index in [0.717, 1.165) is 0 Å². The Morgan fingerprint density at radius 1 is 1.64 bits per heavy atom. The van der Waals surface area contributed by atoms with Crippen molar-refractivity contribution in [2.24, 2.45) is 0 Å². The fourth-order valence-electron chi connectivity index (χ4n) is 0.954. The van der Waals surface area contributed by atoms with Gasteiger partial charge in [0.1, 0.15) is 5.69 Å². The first-order chi connectivity index (χ1) is 6.61. The summed E-state index contributed by atoms with van der Waals surface area (Å²) in [5.74, 6) is 0.101. The highest BCUT2D eigenvalue weighted by atomic mass is 127. The molecule has 6 heteroatoms. The fraction of sp³-hybridized carbons (Fsp3) is 0.250. The smallest absolute Gasteiger partial charge is 0.267 e. The zero-order valence-corrected chi connectivity index (χ0v) is 9.72. The summed E-state index contributed by atoms with van der Waals surface area (Å²) in [5.41, 5.74) is -0.0508. The second kappa shape index (κ2) is 4.97. The molecule has 0 aliphatic carbocycles. The number of aromatic nitrogens is 1. The Bertz CT molecular complexity index is 359. The first kappa shape index (κ1) is 11.8. The lowest BCUT2D eigenvalue weighted by atomic mass is 10.1. The maximum atomic E-state index is 12.5. The summed E-state index contributed by atoms with van der Waals surface area (Å²) in [4.78, 5) is 14.1. The molecule has 0 aliphatic heterocycles. The molecule has 0 saturated carbocycles. The minimum absolute atomic E-state index is 0.101. The molecular formula is C8H5ClF2INO. The van der Waals surface area contributed by atoms with E-state index in [-0.39, 0.29) is 17.1 Å². The van der Waals surface area contributed by atoms with Crippen LogP contribution < -0.4 is 0 Å². The zero-order chi connectivity index (χ0) is 10.7. The third-order valence-electron chi connectivity index (χ3n) is 1.63. The van der Waals surface area contributed by atoms with Gasteiger partial charge in [0.15, 0.2) is 6.29 Å². The van der Waals surface area contributed by atoms with Gasteiger partial charge in [0.25, 0.3) is 6.43 Å². The first-order valence-corrected chi connectivity index (χ1v) is 5.19. The predicted molar refractivity (Wildman–Crippen MR) is 56.9 cm³/mol. The van der Waals surface area contributed by atoms with Crippen LogP contribution in [0.25, 0.3) is 0 Å². The Hall–Kier alpha value is -0.300. The number of hydrogen-bond acceptors (Lipinski definition) is 2. The molecule has 0 unspecified atom stereocenters. The van der Waals surface area contributed by atoms with E-state index in [2.05, 4.69) is 4.98 Å². The Morgan fingerprint density at radius 2 is 2.29 bits per heavy atom. The second-order valence-corrected chi connectivity index (χ2v) is 3.79. The Kier molecular flexibility index (Phi) is 4.18. The molecule has 2 nitrogen and oxygen atoms in total. The average molecular weight is 331 g/mol. The minimum Gasteiger partial charge on any atom is -0.296 e. The van der Waals surface area contributed by atoms with Crippen LogP contribution in [0.15, 0.2) is 6.20 Å². The summed E-state index contributed by atoms with van der Waals surface area (Å²) in [6.07, 6.45) is -1.05. The van der Waals surface area contributed by atoms with E-state index in [1.165, 1.54) is 6.20 Å². The van der Waals surface area contributed by atoms with Crippen LogP contribution in [0.4, 0.5) is 8.78 Å². The van der Waals surface area contributed by atoms with Crippen molar-refractivity contribution in [1.82, 2.24) is 4.98 Å². The van der Waals surface area contributed by atoms with Crippen LogP contribution >= 0.6 is 34.2 Å². The van der Waals surface area contributed by atoms with Crippen LogP contribution in [0.1, 0.15) is 28.0 Å². The summed E-state index contributed by atoms with van der Waals surface area (Å²) in [6.45, 7) is 0. The van der Waals surface area contributed by atoms with Gasteiger partial charge in [-0.2, -0.15) is 0 Å². The SMILES string of the molecule is O=Cc1ncc(CCl)c(I)c1C(F)F. The van der Waals surface area contributed by atoms with Gasteiger partial charge in [-0.15, -0.1) is 11.6 Å². The van der Waals surface area contributed by atoms with Crippen LogP contribution in [0.2, 0.25) is 0 Å². The van der Waals surface area contributed by atoms with Gasteiger partial charge in [0.2, 0.25) is 0 Å². The molecule has 1 heterocycles. The monoisotopic (exact) mass is 331 g/mol. The van der Waals surface area contributed by atoms with Crippen molar-refractivity contribution in [3.05, 3.63) is 26.6 Å². The van der Waals surface area contributed by atoms with E-state index in [0.29, 0.717) is 15.4 Å². The number of aldehydes is 1. The number of pyridine rings is 1. The molecule has 1 rings (SSSR count). The van der Waals surface area contributed by atoms with E-state index in [4.69, 9.17) is 11.6 Å². The molecular weight excluding hydrogens is 326 g/mol. The number of carbonyl (C=O) groups is 1. The average Bonchev–Trinajstić information content (AvgIpc) is 2.16.